The molecule has 0 aliphatic carbocycles. The SMILES string of the molecule is COc1ccc(Cl)cc1C(N)CCC(C)(C)C. The van der Waals surface area contributed by atoms with Crippen LogP contribution in [0.2, 0.25) is 5.02 Å². The number of hydrogen-bond donors (Lipinski definition) is 1. The van der Waals surface area contributed by atoms with E-state index in [2.05, 4.69) is 20.8 Å². The summed E-state index contributed by atoms with van der Waals surface area (Å²) < 4.78 is 5.31. The number of methoxy groups -OCH3 is 1. The minimum absolute atomic E-state index is 0.0251. The van der Waals surface area contributed by atoms with Crippen molar-refractivity contribution in [3.05, 3.63) is 28.8 Å². The Morgan fingerprint density at radius 2 is 2.00 bits per heavy atom. The topological polar surface area (TPSA) is 35.2 Å². The molecule has 0 heterocycles. The molecule has 0 radical (unpaired) electrons. The standard InChI is InChI=1S/C14H22ClNO/c1-14(2,3)8-7-12(16)11-9-10(15)5-6-13(11)17-4/h5-6,9,12H,7-8,16H2,1-4H3. The second-order valence-corrected chi connectivity index (χ2v) is 6.03. The van der Waals surface area contributed by atoms with Crippen LogP contribution < -0.4 is 10.5 Å². The minimum Gasteiger partial charge on any atom is -0.496 e. The van der Waals surface area contributed by atoms with Gasteiger partial charge >= 0.3 is 0 Å². The summed E-state index contributed by atoms with van der Waals surface area (Å²) in [5.74, 6) is 0.816. The zero-order valence-electron chi connectivity index (χ0n) is 11.1. The van der Waals surface area contributed by atoms with Crippen molar-refractivity contribution in [1.82, 2.24) is 0 Å². The first-order valence-electron chi connectivity index (χ1n) is 5.92. The van der Waals surface area contributed by atoms with Crippen molar-refractivity contribution in [2.24, 2.45) is 11.1 Å². The number of benzene rings is 1. The molecule has 1 rings (SSSR count). The molecular weight excluding hydrogens is 234 g/mol. The summed E-state index contributed by atoms with van der Waals surface area (Å²) in [5, 5.41) is 0.701. The third-order valence-electron chi connectivity index (χ3n) is 2.80. The third kappa shape index (κ3) is 4.57. The van der Waals surface area contributed by atoms with Gasteiger partial charge in [0.15, 0.2) is 0 Å². The summed E-state index contributed by atoms with van der Waals surface area (Å²) in [6.45, 7) is 6.65. The Balaban J connectivity index is 2.80. The molecule has 2 nitrogen and oxygen atoms in total. The fourth-order valence-electron chi connectivity index (χ4n) is 1.74. The first-order chi connectivity index (χ1) is 7.83. The fourth-order valence-corrected chi connectivity index (χ4v) is 1.92. The second-order valence-electron chi connectivity index (χ2n) is 5.59. The Morgan fingerprint density at radius 1 is 1.35 bits per heavy atom. The number of rotatable bonds is 4. The van der Waals surface area contributed by atoms with Gasteiger partial charge in [-0.1, -0.05) is 32.4 Å². The molecule has 0 aliphatic rings. The molecule has 0 aliphatic heterocycles. The van der Waals surface area contributed by atoms with Crippen molar-refractivity contribution in [3.63, 3.8) is 0 Å². The lowest BCUT2D eigenvalue weighted by Crippen LogP contribution is -2.15. The van der Waals surface area contributed by atoms with Gasteiger partial charge in [0.05, 0.1) is 7.11 Å². The van der Waals surface area contributed by atoms with Crippen LogP contribution in [0.1, 0.15) is 45.2 Å². The van der Waals surface area contributed by atoms with Crippen molar-refractivity contribution in [2.75, 3.05) is 7.11 Å². The first kappa shape index (κ1) is 14.3. The number of halogens is 1. The maximum atomic E-state index is 6.21. The molecule has 1 atom stereocenters. The maximum absolute atomic E-state index is 6.21. The van der Waals surface area contributed by atoms with Crippen LogP contribution in [0.3, 0.4) is 0 Å². The van der Waals surface area contributed by atoms with E-state index in [0.717, 1.165) is 24.2 Å². The summed E-state index contributed by atoms with van der Waals surface area (Å²) in [4.78, 5) is 0. The number of ether oxygens (including phenoxy) is 1. The molecular formula is C14H22ClNO. The summed E-state index contributed by atoms with van der Waals surface area (Å²) in [6.07, 6.45) is 2.00. The second kappa shape index (κ2) is 5.74. The van der Waals surface area contributed by atoms with Crippen molar-refractivity contribution in [2.45, 2.75) is 39.7 Å². The van der Waals surface area contributed by atoms with E-state index in [1.165, 1.54) is 0 Å². The number of nitrogens with two attached hydrogens (primary N) is 1. The van der Waals surface area contributed by atoms with Gasteiger partial charge in [0.1, 0.15) is 5.75 Å². The quantitative estimate of drug-likeness (QED) is 0.876. The summed E-state index contributed by atoms with van der Waals surface area (Å²) in [6, 6.07) is 5.56. The normalized spacial score (nSPS) is 13.5. The third-order valence-corrected chi connectivity index (χ3v) is 3.03. The van der Waals surface area contributed by atoms with Gasteiger partial charge in [0.25, 0.3) is 0 Å². The molecule has 1 aromatic carbocycles. The molecule has 0 aromatic heterocycles. The highest BCUT2D eigenvalue weighted by Crippen LogP contribution is 2.32. The summed E-state index contributed by atoms with van der Waals surface area (Å²) in [5.41, 5.74) is 7.49. The molecule has 0 saturated heterocycles. The molecule has 0 saturated carbocycles. The van der Waals surface area contributed by atoms with E-state index in [4.69, 9.17) is 22.1 Å². The van der Waals surface area contributed by atoms with Gasteiger partial charge in [0.2, 0.25) is 0 Å². The lowest BCUT2D eigenvalue weighted by Gasteiger charge is -2.22. The van der Waals surface area contributed by atoms with Crippen LogP contribution in [-0.4, -0.2) is 7.11 Å². The fraction of sp³-hybridized carbons (Fsp3) is 0.571. The van der Waals surface area contributed by atoms with Crippen LogP contribution in [0, 0.1) is 5.41 Å². The van der Waals surface area contributed by atoms with Crippen molar-refractivity contribution in [1.29, 1.82) is 0 Å². The molecule has 1 unspecified atom stereocenters. The lowest BCUT2D eigenvalue weighted by atomic mass is 9.87. The van der Waals surface area contributed by atoms with Crippen LogP contribution in [-0.2, 0) is 0 Å². The Bertz CT molecular complexity index is 371. The zero-order chi connectivity index (χ0) is 13.1. The van der Waals surface area contributed by atoms with Crippen molar-refractivity contribution >= 4 is 11.6 Å². The lowest BCUT2D eigenvalue weighted by molar-refractivity contribution is 0.344. The Labute approximate surface area is 109 Å². The average Bonchev–Trinajstić information content (AvgIpc) is 2.25. The summed E-state index contributed by atoms with van der Waals surface area (Å²) in [7, 11) is 1.66. The molecule has 2 N–H and O–H groups in total. The smallest absolute Gasteiger partial charge is 0.123 e. The van der Waals surface area contributed by atoms with E-state index in [1.807, 2.05) is 18.2 Å². The van der Waals surface area contributed by atoms with E-state index in [-0.39, 0.29) is 6.04 Å². The van der Waals surface area contributed by atoms with Gasteiger partial charge < -0.3 is 10.5 Å². The molecule has 17 heavy (non-hydrogen) atoms. The van der Waals surface area contributed by atoms with E-state index in [9.17, 15) is 0 Å². The molecule has 3 heteroatoms. The molecule has 0 bridgehead atoms. The predicted octanol–water partition coefficient (Wildman–Crippen LogP) is 4.17. The maximum Gasteiger partial charge on any atom is 0.123 e. The van der Waals surface area contributed by atoms with Crippen LogP contribution in [0.5, 0.6) is 5.75 Å². The van der Waals surface area contributed by atoms with E-state index >= 15 is 0 Å². The molecule has 1 aromatic rings. The van der Waals surface area contributed by atoms with Gasteiger partial charge in [0, 0.05) is 16.6 Å². The molecule has 0 amide bonds. The Morgan fingerprint density at radius 3 is 2.53 bits per heavy atom. The first-order valence-corrected chi connectivity index (χ1v) is 6.30. The molecule has 0 fully saturated rings. The van der Waals surface area contributed by atoms with E-state index in [1.54, 1.807) is 7.11 Å². The highest BCUT2D eigenvalue weighted by molar-refractivity contribution is 6.30. The van der Waals surface area contributed by atoms with Crippen LogP contribution in [0.25, 0.3) is 0 Å². The Kier molecular flexibility index (Phi) is 4.84. The minimum atomic E-state index is -0.0251. The van der Waals surface area contributed by atoms with Gasteiger partial charge in [-0.3, -0.25) is 0 Å². The summed E-state index contributed by atoms with van der Waals surface area (Å²) >= 11 is 6.00. The van der Waals surface area contributed by atoms with Gasteiger partial charge in [-0.05, 0) is 36.5 Å². The van der Waals surface area contributed by atoms with Gasteiger partial charge in [-0.2, -0.15) is 0 Å². The van der Waals surface area contributed by atoms with Crippen LogP contribution >= 0.6 is 11.6 Å². The van der Waals surface area contributed by atoms with Gasteiger partial charge in [-0.25, -0.2) is 0 Å². The highest BCUT2D eigenvalue weighted by atomic mass is 35.5. The van der Waals surface area contributed by atoms with Crippen LogP contribution in [0.15, 0.2) is 18.2 Å². The number of hydrogen-bond acceptors (Lipinski definition) is 2. The van der Waals surface area contributed by atoms with Crippen LogP contribution in [0.4, 0.5) is 0 Å². The zero-order valence-corrected chi connectivity index (χ0v) is 11.8. The van der Waals surface area contributed by atoms with Gasteiger partial charge in [-0.15, -0.1) is 0 Å². The highest BCUT2D eigenvalue weighted by Gasteiger charge is 2.16. The van der Waals surface area contributed by atoms with E-state index < -0.39 is 0 Å². The molecule has 96 valence electrons. The largest absolute Gasteiger partial charge is 0.496 e. The van der Waals surface area contributed by atoms with Crippen molar-refractivity contribution in [3.8, 4) is 5.75 Å². The van der Waals surface area contributed by atoms with E-state index in [0.29, 0.717) is 10.4 Å². The monoisotopic (exact) mass is 255 g/mol. The predicted molar refractivity (Wildman–Crippen MR) is 73.6 cm³/mol. The van der Waals surface area contributed by atoms with Crippen molar-refractivity contribution < 1.29 is 4.74 Å². The Hall–Kier alpha value is -0.730. The molecule has 0 spiro atoms. The average molecular weight is 256 g/mol.